The normalized spacial score (nSPS) is 15.5. The third-order valence-corrected chi connectivity index (χ3v) is 5.43. The minimum absolute atomic E-state index is 0. The molecule has 1 heterocycles. The van der Waals surface area contributed by atoms with E-state index >= 15 is 0 Å². The maximum absolute atomic E-state index is 12.3. The van der Waals surface area contributed by atoms with Crippen LogP contribution in [0.4, 0.5) is 0 Å². The molecule has 0 radical (unpaired) electrons. The van der Waals surface area contributed by atoms with Gasteiger partial charge in [-0.2, -0.15) is 0 Å². The van der Waals surface area contributed by atoms with Gasteiger partial charge in [0.25, 0.3) is 0 Å². The topological polar surface area (TPSA) is 68.0 Å². The molecule has 4 nitrogen and oxygen atoms in total. The Morgan fingerprint density at radius 1 is 1.40 bits per heavy atom. The first kappa shape index (κ1) is 21.9. The predicted molar refractivity (Wildman–Crippen MR) is 109 cm³/mol. The van der Waals surface area contributed by atoms with E-state index in [0.717, 1.165) is 29.1 Å². The zero-order chi connectivity index (χ0) is 16.4. The van der Waals surface area contributed by atoms with E-state index < -0.39 is 0 Å². The molecule has 1 fully saturated rings. The van der Waals surface area contributed by atoms with E-state index in [2.05, 4.69) is 29.4 Å². The number of hydrogen-bond donors (Lipinski definition) is 2. The molecule has 0 spiro atoms. The molecule has 1 aromatic carbocycles. The average molecular weight is 402 g/mol. The summed E-state index contributed by atoms with van der Waals surface area (Å²) in [5, 5.41) is 6.04. The summed E-state index contributed by atoms with van der Waals surface area (Å²) in [5.41, 5.74) is 8.71. The number of carbonyl (C=O) groups excluding carboxylic acids is 1. The van der Waals surface area contributed by atoms with Crippen LogP contribution in [0.1, 0.15) is 31.0 Å². The zero-order valence-electron chi connectivity index (χ0n) is 14.5. The number of hydrogen-bond acceptors (Lipinski definition) is 4. The number of halogens is 2. The van der Waals surface area contributed by atoms with E-state index in [-0.39, 0.29) is 36.3 Å². The van der Waals surface area contributed by atoms with Gasteiger partial charge in [0.15, 0.2) is 0 Å². The fraction of sp³-hybridized carbons (Fsp3) is 0.444. The van der Waals surface area contributed by atoms with Crippen molar-refractivity contribution < 1.29 is 4.79 Å². The van der Waals surface area contributed by atoms with Gasteiger partial charge in [-0.3, -0.25) is 4.79 Å². The summed E-state index contributed by atoms with van der Waals surface area (Å²) in [5.74, 6) is 0.528. The van der Waals surface area contributed by atoms with Crippen LogP contribution in [0, 0.1) is 12.8 Å². The first-order valence-electron chi connectivity index (χ1n) is 8.03. The summed E-state index contributed by atoms with van der Waals surface area (Å²) in [6.07, 6.45) is 2.62. The number of nitrogens with two attached hydrogens (primary N) is 1. The summed E-state index contributed by atoms with van der Waals surface area (Å²) < 4.78 is 0. The van der Waals surface area contributed by atoms with Gasteiger partial charge in [0.05, 0.1) is 17.7 Å². The van der Waals surface area contributed by atoms with Crippen molar-refractivity contribution in [3.05, 3.63) is 40.9 Å². The molecular weight excluding hydrogens is 377 g/mol. The summed E-state index contributed by atoms with van der Waals surface area (Å²) >= 11 is 1.58. The largest absolute Gasteiger partial charge is 0.349 e. The smallest absolute Gasteiger partial charge is 0.226 e. The first-order valence-corrected chi connectivity index (χ1v) is 8.90. The second-order valence-corrected chi connectivity index (χ2v) is 7.49. The van der Waals surface area contributed by atoms with Crippen molar-refractivity contribution in [1.82, 2.24) is 10.3 Å². The van der Waals surface area contributed by atoms with Crippen LogP contribution in [0.2, 0.25) is 0 Å². The second kappa shape index (κ2) is 8.99. The number of carbonyl (C=O) groups is 1. The molecule has 0 saturated heterocycles. The van der Waals surface area contributed by atoms with Gasteiger partial charge in [-0.1, -0.05) is 23.8 Å². The number of rotatable bonds is 6. The highest BCUT2D eigenvalue weighted by molar-refractivity contribution is 7.13. The highest BCUT2D eigenvalue weighted by Crippen LogP contribution is 2.39. The van der Waals surface area contributed by atoms with Crippen LogP contribution in [0.25, 0.3) is 10.6 Å². The Balaban J connectivity index is 0.00000156. The fourth-order valence-corrected chi connectivity index (χ4v) is 3.68. The van der Waals surface area contributed by atoms with Gasteiger partial charge in [0.1, 0.15) is 5.01 Å². The molecule has 3 N–H and O–H groups in total. The number of nitrogens with one attached hydrogen (secondary N) is 1. The van der Waals surface area contributed by atoms with Gasteiger partial charge in [0, 0.05) is 17.5 Å². The van der Waals surface area contributed by atoms with E-state index in [1.807, 2.05) is 24.4 Å². The number of aromatic nitrogens is 1. The Hall–Kier alpha value is -1.14. The fourth-order valence-electron chi connectivity index (χ4n) is 2.87. The van der Waals surface area contributed by atoms with Crippen LogP contribution in [-0.2, 0) is 11.2 Å². The van der Waals surface area contributed by atoms with E-state index in [1.165, 1.54) is 5.56 Å². The van der Waals surface area contributed by atoms with Crippen LogP contribution >= 0.6 is 36.2 Å². The number of aryl methyl sites for hydroxylation is 1. The summed E-state index contributed by atoms with van der Waals surface area (Å²) in [7, 11) is 0. The van der Waals surface area contributed by atoms with Crippen molar-refractivity contribution in [3.63, 3.8) is 0 Å². The molecule has 138 valence electrons. The standard InChI is InChI=1S/C18H23N3OS.2ClH/c1-12-4-3-5-13(8-12)17-20-15(10-23-17)9-16(22)21-18(2,11-19)14-6-7-14;;/h3-5,8,10,14H,6-7,9,11,19H2,1-2H3,(H,21,22);2*1H. The zero-order valence-corrected chi connectivity index (χ0v) is 16.9. The van der Waals surface area contributed by atoms with Crippen LogP contribution in [-0.4, -0.2) is 23.0 Å². The lowest BCUT2D eigenvalue weighted by molar-refractivity contribution is -0.122. The van der Waals surface area contributed by atoms with Gasteiger partial charge in [-0.25, -0.2) is 4.98 Å². The highest BCUT2D eigenvalue weighted by atomic mass is 35.5. The number of amides is 1. The van der Waals surface area contributed by atoms with Gasteiger partial charge >= 0.3 is 0 Å². The van der Waals surface area contributed by atoms with Crippen LogP contribution < -0.4 is 11.1 Å². The quantitative estimate of drug-likeness (QED) is 0.773. The Morgan fingerprint density at radius 2 is 2.12 bits per heavy atom. The Morgan fingerprint density at radius 3 is 2.72 bits per heavy atom. The Bertz CT molecular complexity index is 718. The van der Waals surface area contributed by atoms with Crippen molar-refractivity contribution in [2.75, 3.05) is 6.54 Å². The molecule has 1 saturated carbocycles. The lowest BCUT2D eigenvalue weighted by Crippen LogP contribution is -2.53. The van der Waals surface area contributed by atoms with Gasteiger partial charge in [0.2, 0.25) is 5.91 Å². The molecule has 1 atom stereocenters. The molecule has 25 heavy (non-hydrogen) atoms. The molecule has 2 aromatic rings. The van der Waals surface area contributed by atoms with Crippen molar-refractivity contribution in [1.29, 1.82) is 0 Å². The molecule has 1 unspecified atom stereocenters. The Labute approximate surface area is 165 Å². The van der Waals surface area contributed by atoms with Crippen molar-refractivity contribution >= 4 is 42.1 Å². The summed E-state index contributed by atoms with van der Waals surface area (Å²) in [4.78, 5) is 16.9. The van der Waals surface area contributed by atoms with E-state index in [0.29, 0.717) is 18.9 Å². The van der Waals surface area contributed by atoms with Gasteiger partial charge in [-0.05, 0) is 38.7 Å². The third kappa shape index (κ3) is 5.42. The van der Waals surface area contributed by atoms with Crippen LogP contribution in [0.5, 0.6) is 0 Å². The minimum Gasteiger partial charge on any atom is -0.349 e. The maximum atomic E-state index is 12.3. The molecular formula is C18H25Cl2N3OS. The van der Waals surface area contributed by atoms with Crippen LogP contribution in [0.3, 0.4) is 0 Å². The number of benzene rings is 1. The van der Waals surface area contributed by atoms with E-state index in [9.17, 15) is 4.79 Å². The molecule has 1 aliphatic rings. The molecule has 0 bridgehead atoms. The maximum Gasteiger partial charge on any atom is 0.226 e. The highest BCUT2D eigenvalue weighted by Gasteiger charge is 2.41. The molecule has 1 amide bonds. The lowest BCUT2D eigenvalue weighted by Gasteiger charge is -2.29. The van der Waals surface area contributed by atoms with Crippen LogP contribution in [0.15, 0.2) is 29.6 Å². The van der Waals surface area contributed by atoms with Gasteiger partial charge in [-0.15, -0.1) is 36.2 Å². The third-order valence-electron chi connectivity index (χ3n) is 4.49. The summed E-state index contributed by atoms with van der Waals surface area (Å²) in [6, 6.07) is 8.26. The average Bonchev–Trinajstić information content (AvgIpc) is 3.28. The molecule has 0 aliphatic heterocycles. The number of thiazole rings is 1. The number of nitrogens with zero attached hydrogens (tertiary/aromatic N) is 1. The SMILES string of the molecule is Cc1cccc(-c2nc(CC(=O)NC(C)(CN)C3CC3)cs2)c1.Cl.Cl. The minimum atomic E-state index is -0.271. The molecule has 3 rings (SSSR count). The van der Waals surface area contributed by atoms with Crippen molar-refractivity contribution in [2.24, 2.45) is 11.7 Å². The van der Waals surface area contributed by atoms with Crippen molar-refractivity contribution in [2.45, 2.75) is 38.6 Å². The predicted octanol–water partition coefficient (Wildman–Crippen LogP) is 3.75. The Kier molecular flexibility index (Phi) is 7.88. The van der Waals surface area contributed by atoms with E-state index in [4.69, 9.17) is 5.73 Å². The van der Waals surface area contributed by atoms with Gasteiger partial charge < -0.3 is 11.1 Å². The molecule has 1 aromatic heterocycles. The monoisotopic (exact) mass is 401 g/mol. The van der Waals surface area contributed by atoms with E-state index in [1.54, 1.807) is 11.3 Å². The first-order chi connectivity index (χ1) is 11.0. The molecule has 1 aliphatic carbocycles. The lowest BCUT2D eigenvalue weighted by atomic mass is 9.95. The second-order valence-electron chi connectivity index (χ2n) is 6.63. The van der Waals surface area contributed by atoms with Crippen molar-refractivity contribution in [3.8, 4) is 10.6 Å². The summed E-state index contributed by atoms with van der Waals surface area (Å²) in [6.45, 7) is 4.59. The molecule has 7 heteroatoms.